The molecule has 0 aliphatic rings. The normalized spacial score (nSPS) is 12.3. The minimum atomic E-state index is 0.335. The predicted octanol–water partition coefficient (Wildman–Crippen LogP) is 3.44. The van der Waals surface area contributed by atoms with Crippen molar-refractivity contribution in [2.24, 2.45) is 0 Å². The summed E-state index contributed by atoms with van der Waals surface area (Å²) in [5, 5.41) is 3.46. The van der Waals surface area contributed by atoms with Crippen LogP contribution in [0, 0.1) is 0 Å². The van der Waals surface area contributed by atoms with Gasteiger partial charge in [-0.3, -0.25) is 4.98 Å². The third kappa shape index (κ3) is 4.15. The molecule has 1 N–H and O–H groups in total. The molecule has 0 spiro atoms. The zero-order chi connectivity index (χ0) is 14.2. The Balaban J connectivity index is 1.94. The SMILES string of the molecule is CCOCCNC(C)c1ccc(-c2ccncc2)cc1. The lowest BCUT2D eigenvalue weighted by Crippen LogP contribution is -2.23. The topological polar surface area (TPSA) is 34.1 Å². The molecule has 3 nitrogen and oxygen atoms in total. The Morgan fingerprint density at radius 3 is 2.35 bits per heavy atom. The van der Waals surface area contributed by atoms with Crippen molar-refractivity contribution >= 4 is 0 Å². The number of pyridine rings is 1. The predicted molar refractivity (Wildman–Crippen MR) is 82.6 cm³/mol. The van der Waals surface area contributed by atoms with Crippen LogP contribution in [0.25, 0.3) is 11.1 Å². The van der Waals surface area contributed by atoms with Crippen molar-refractivity contribution in [3.8, 4) is 11.1 Å². The standard InChI is InChI=1S/C17H22N2O/c1-3-20-13-12-19-14(2)15-4-6-16(7-5-15)17-8-10-18-11-9-17/h4-11,14,19H,3,12-13H2,1-2H3. The van der Waals surface area contributed by atoms with Gasteiger partial charge in [-0.05, 0) is 42.7 Å². The average Bonchev–Trinajstić information content (AvgIpc) is 2.52. The molecule has 2 rings (SSSR count). The smallest absolute Gasteiger partial charge is 0.0590 e. The first-order chi connectivity index (χ1) is 9.81. The van der Waals surface area contributed by atoms with Gasteiger partial charge in [0.1, 0.15) is 0 Å². The summed E-state index contributed by atoms with van der Waals surface area (Å²) in [5.74, 6) is 0. The van der Waals surface area contributed by atoms with E-state index in [9.17, 15) is 0 Å². The van der Waals surface area contributed by atoms with Gasteiger partial charge in [0.15, 0.2) is 0 Å². The molecule has 0 aliphatic heterocycles. The van der Waals surface area contributed by atoms with Crippen LogP contribution in [0.1, 0.15) is 25.5 Å². The lowest BCUT2D eigenvalue weighted by atomic mass is 10.0. The molecule has 2 aromatic rings. The van der Waals surface area contributed by atoms with Gasteiger partial charge >= 0.3 is 0 Å². The molecule has 20 heavy (non-hydrogen) atoms. The van der Waals surface area contributed by atoms with Crippen LogP contribution in [0.15, 0.2) is 48.8 Å². The van der Waals surface area contributed by atoms with Crippen LogP contribution in [0.5, 0.6) is 0 Å². The molecule has 1 heterocycles. The number of ether oxygens (including phenoxy) is 1. The summed E-state index contributed by atoms with van der Waals surface area (Å²) in [6.07, 6.45) is 3.64. The summed E-state index contributed by atoms with van der Waals surface area (Å²) >= 11 is 0. The molecule has 0 saturated carbocycles. The van der Waals surface area contributed by atoms with Crippen LogP contribution in [0.3, 0.4) is 0 Å². The fourth-order valence-corrected chi connectivity index (χ4v) is 2.12. The maximum absolute atomic E-state index is 5.33. The number of nitrogens with zero attached hydrogens (tertiary/aromatic N) is 1. The number of benzene rings is 1. The zero-order valence-corrected chi connectivity index (χ0v) is 12.2. The number of hydrogen-bond donors (Lipinski definition) is 1. The van der Waals surface area contributed by atoms with Crippen molar-refractivity contribution in [2.75, 3.05) is 19.8 Å². The van der Waals surface area contributed by atoms with E-state index >= 15 is 0 Å². The van der Waals surface area contributed by atoms with E-state index < -0.39 is 0 Å². The maximum Gasteiger partial charge on any atom is 0.0590 e. The molecular formula is C17H22N2O. The Morgan fingerprint density at radius 1 is 1.05 bits per heavy atom. The molecule has 3 heteroatoms. The largest absolute Gasteiger partial charge is 0.380 e. The van der Waals surface area contributed by atoms with Crippen molar-refractivity contribution < 1.29 is 4.74 Å². The highest BCUT2D eigenvalue weighted by Gasteiger charge is 2.04. The molecule has 1 atom stereocenters. The second kappa shape index (κ2) is 7.78. The van der Waals surface area contributed by atoms with E-state index in [1.54, 1.807) is 0 Å². The molecule has 0 radical (unpaired) electrons. The first-order valence-corrected chi connectivity index (χ1v) is 7.12. The lowest BCUT2D eigenvalue weighted by Gasteiger charge is -2.14. The van der Waals surface area contributed by atoms with E-state index in [0.29, 0.717) is 6.04 Å². The summed E-state index contributed by atoms with van der Waals surface area (Å²) in [4.78, 5) is 4.04. The first kappa shape index (κ1) is 14.7. The van der Waals surface area contributed by atoms with Gasteiger partial charge in [0.25, 0.3) is 0 Å². The van der Waals surface area contributed by atoms with E-state index in [1.165, 1.54) is 16.7 Å². The Kier molecular flexibility index (Phi) is 5.71. The van der Waals surface area contributed by atoms with Gasteiger partial charge in [0.05, 0.1) is 6.61 Å². The van der Waals surface area contributed by atoms with E-state index in [2.05, 4.69) is 41.5 Å². The monoisotopic (exact) mass is 270 g/mol. The van der Waals surface area contributed by atoms with E-state index in [0.717, 1.165) is 19.8 Å². The number of aromatic nitrogens is 1. The summed E-state index contributed by atoms with van der Waals surface area (Å²) in [6, 6.07) is 13.1. The fraction of sp³-hybridized carbons (Fsp3) is 0.353. The molecule has 0 saturated heterocycles. The number of rotatable bonds is 7. The third-order valence-electron chi connectivity index (χ3n) is 3.33. The van der Waals surface area contributed by atoms with Crippen LogP contribution < -0.4 is 5.32 Å². The van der Waals surface area contributed by atoms with Crippen molar-refractivity contribution in [3.05, 3.63) is 54.4 Å². The van der Waals surface area contributed by atoms with Crippen LogP contribution in [0.4, 0.5) is 0 Å². The Hall–Kier alpha value is -1.71. The highest BCUT2D eigenvalue weighted by atomic mass is 16.5. The summed E-state index contributed by atoms with van der Waals surface area (Å²) in [5.41, 5.74) is 3.71. The van der Waals surface area contributed by atoms with Crippen LogP contribution in [-0.4, -0.2) is 24.7 Å². The van der Waals surface area contributed by atoms with Gasteiger partial charge in [0.2, 0.25) is 0 Å². The van der Waals surface area contributed by atoms with Crippen molar-refractivity contribution in [1.29, 1.82) is 0 Å². The quantitative estimate of drug-likeness (QED) is 0.783. The zero-order valence-electron chi connectivity index (χ0n) is 12.2. The molecule has 1 unspecified atom stereocenters. The molecule has 0 amide bonds. The third-order valence-corrected chi connectivity index (χ3v) is 3.33. The van der Waals surface area contributed by atoms with Crippen molar-refractivity contribution in [2.45, 2.75) is 19.9 Å². The van der Waals surface area contributed by atoms with Crippen LogP contribution in [-0.2, 0) is 4.74 Å². The molecular weight excluding hydrogens is 248 g/mol. The van der Waals surface area contributed by atoms with Gasteiger partial charge in [-0.25, -0.2) is 0 Å². The van der Waals surface area contributed by atoms with Crippen LogP contribution in [0.2, 0.25) is 0 Å². The minimum Gasteiger partial charge on any atom is -0.380 e. The molecule has 106 valence electrons. The minimum absolute atomic E-state index is 0.335. The summed E-state index contributed by atoms with van der Waals surface area (Å²) in [7, 11) is 0. The number of hydrogen-bond acceptors (Lipinski definition) is 3. The second-order valence-electron chi connectivity index (χ2n) is 4.73. The average molecular weight is 270 g/mol. The van der Waals surface area contributed by atoms with Gasteiger partial charge < -0.3 is 10.1 Å². The van der Waals surface area contributed by atoms with Crippen molar-refractivity contribution in [3.63, 3.8) is 0 Å². The molecule has 1 aromatic carbocycles. The second-order valence-corrected chi connectivity index (χ2v) is 4.73. The van der Waals surface area contributed by atoms with Crippen molar-refractivity contribution in [1.82, 2.24) is 10.3 Å². The highest BCUT2D eigenvalue weighted by molar-refractivity contribution is 5.62. The molecule has 1 aromatic heterocycles. The first-order valence-electron chi connectivity index (χ1n) is 7.12. The van der Waals surface area contributed by atoms with Crippen LogP contribution >= 0.6 is 0 Å². The fourth-order valence-electron chi connectivity index (χ4n) is 2.12. The maximum atomic E-state index is 5.33. The molecule has 0 bridgehead atoms. The van der Waals surface area contributed by atoms with Gasteiger partial charge in [-0.1, -0.05) is 24.3 Å². The Labute approximate surface area is 121 Å². The van der Waals surface area contributed by atoms with Gasteiger partial charge in [-0.2, -0.15) is 0 Å². The summed E-state index contributed by atoms with van der Waals surface area (Å²) in [6.45, 7) is 6.60. The molecule has 0 fully saturated rings. The van der Waals surface area contributed by atoms with E-state index in [1.807, 2.05) is 31.5 Å². The van der Waals surface area contributed by atoms with Gasteiger partial charge in [0, 0.05) is 31.6 Å². The molecule has 0 aliphatic carbocycles. The van der Waals surface area contributed by atoms with E-state index in [-0.39, 0.29) is 0 Å². The Morgan fingerprint density at radius 2 is 1.70 bits per heavy atom. The number of nitrogens with one attached hydrogen (secondary N) is 1. The highest BCUT2D eigenvalue weighted by Crippen LogP contribution is 2.21. The Bertz CT molecular complexity index is 496. The van der Waals surface area contributed by atoms with E-state index in [4.69, 9.17) is 4.74 Å². The lowest BCUT2D eigenvalue weighted by molar-refractivity contribution is 0.147. The summed E-state index contributed by atoms with van der Waals surface area (Å²) < 4.78 is 5.33. The van der Waals surface area contributed by atoms with Gasteiger partial charge in [-0.15, -0.1) is 0 Å².